The molecule has 0 fully saturated rings. The Balaban J connectivity index is 2.93. The third kappa shape index (κ3) is 2.88. The number of ether oxygens (including phenoxy) is 2. The Kier molecular flexibility index (Phi) is 4.62. The first-order chi connectivity index (χ1) is 7.72. The fraction of sp³-hybridized carbons (Fsp3) is 0.417. The fourth-order valence-electron chi connectivity index (χ4n) is 1.35. The zero-order valence-corrected chi connectivity index (χ0v) is 9.78. The molecule has 0 aliphatic carbocycles. The number of methoxy groups -OCH3 is 1. The minimum atomic E-state index is 0.0251. The Morgan fingerprint density at radius 3 is 2.75 bits per heavy atom. The van der Waals surface area contributed by atoms with E-state index >= 15 is 0 Å². The molecule has 1 rings (SSSR count). The second kappa shape index (κ2) is 5.99. The SMILES string of the molecule is CNC(C)c1ccc(OCC#N)c(OC)c1. The van der Waals surface area contributed by atoms with Crippen molar-refractivity contribution in [2.45, 2.75) is 13.0 Å². The summed E-state index contributed by atoms with van der Waals surface area (Å²) < 4.78 is 10.5. The molecule has 1 atom stereocenters. The van der Waals surface area contributed by atoms with Crippen molar-refractivity contribution >= 4 is 0 Å². The number of hydrogen-bond acceptors (Lipinski definition) is 4. The van der Waals surface area contributed by atoms with Crippen molar-refractivity contribution in [3.63, 3.8) is 0 Å². The molecule has 0 heterocycles. The average molecular weight is 220 g/mol. The molecular formula is C12H16N2O2. The predicted octanol–water partition coefficient (Wildman–Crippen LogP) is 1.88. The van der Waals surface area contributed by atoms with Crippen LogP contribution >= 0.6 is 0 Å². The zero-order chi connectivity index (χ0) is 12.0. The maximum absolute atomic E-state index is 8.45. The molecule has 0 saturated carbocycles. The summed E-state index contributed by atoms with van der Waals surface area (Å²) in [4.78, 5) is 0. The maximum Gasteiger partial charge on any atom is 0.174 e. The number of nitrogens with one attached hydrogen (secondary N) is 1. The largest absolute Gasteiger partial charge is 0.493 e. The van der Waals surface area contributed by atoms with Crippen LogP contribution in [0.4, 0.5) is 0 Å². The van der Waals surface area contributed by atoms with Crippen LogP contribution in [0.15, 0.2) is 18.2 Å². The van der Waals surface area contributed by atoms with Gasteiger partial charge in [-0.1, -0.05) is 6.07 Å². The van der Waals surface area contributed by atoms with Crippen LogP contribution in [0, 0.1) is 11.3 Å². The lowest BCUT2D eigenvalue weighted by atomic mass is 10.1. The minimum Gasteiger partial charge on any atom is -0.493 e. The van der Waals surface area contributed by atoms with Gasteiger partial charge >= 0.3 is 0 Å². The third-order valence-corrected chi connectivity index (χ3v) is 2.41. The quantitative estimate of drug-likeness (QED) is 0.823. The molecule has 16 heavy (non-hydrogen) atoms. The summed E-state index contributed by atoms with van der Waals surface area (Å²) in [6.07, 6.45) is 0. The van der Waals surface area contributed by atoms with Gasteiger partial charge < -0.3 is 14.8 Å². The molecule has 0 radical (unpaired) electrons. The molecule has 4 nitrogen and oxygen atoms in total. The zero-order valence-electron chi connectivity index (χ0n) is 9.78. The van der Waals surface area contributed by atoms with Crippen molar-refractivity contribution in [2.75, 3.05) is 20.8 Å². The lowest BCUT2D eigenvalue weighted by Crippen LogP contribution is -2.12. The minimum absolute atomic E-state index is 0.0251. The van der Waals surface area contributed by atoms with Gasteiger partial charge in [0.1, 0.15) is 6.07 Å². The molecule has 0 aromatic heterocycles. The van der Waals surface area contributed by atoms with Crippen LogP contribution < -0.4 is 14.8 Å². The molecule has 0 amide bonds. The summed E-state index contributed by atoms with van der Waals surface area (Å²) in [6, 6.07) is 7.86. The normalized spacial score (nSPS) is 11.6. The van der Waals surface area contributed by atoms with Gasteiger partial charge in [0.05, 0.1) is 7.11 Å². The molecule has 0 spiro atoms. The topological polar surface area (TPSA) is 54.3 Å². The summed E-state index contributed by atoms with van der Waals surface area (Å²) >= 11 is 0. The Morgan fingerprint density at radius 1 is 1.44 bits per heavy atom. The van der Waals surface area contributed by atoms with Crippen molar-refractivity contribution < 1.29 is 9.47 Å². The third-order valence-electron chi connectivity index (χ3n) is 2.41. The van der Waals surface area contributed by atoms with E-state index in [0.29, 0.717) is 11.5 Å². The van der Waals surface area contributed by atoms with Crippen molar-refractivity contribution in [3.8, 4) is 17.6 Å². The average Bonchev–Trinajstić information content (AvgIpc) is 2.35. The number of nitriles is 1. The van der Waals surface area contributed by atoms with Gasteiger partial charge in [0.2, 0.25) is 0 Å². The lowest BCUT2D eigenvalue weighted by Gasteiger charge is -2.14. The second-order valence-electron chi connectivity index (χ2n) is 3.37. The van der Waals surface area contributed by atoms with E-state index in [0.717, 1.165) is 5.56 Å². The Morgan fingerprint density at radius 2 is 2.19 bits per heavy atom. The van der Waals surface area contributed by atoms with Crippen LogP contribution in [0.25, 0.3) is 0 Å². The monoisotopic (exact) mass is 220 g/mol. The summed E-state index contributed by atoms with van der Waals surface area (Å²) in [5.74, 6) is 1.24. The number of nitrogens with zero attached hydrogens (tertiary/aromatic N) is 1. The first-order valence-electron chi connectivity index (χ1n) is 5.08. The summed E-state index contributed by atoms with van der Waals surface area (Å²) in [5.41, 5.74) is 1.11. The van der Waals surface area contributed by atoms with E-state index in [1.807, 2.05) is 31.3 Å². The van der Waals surface area contributed by atoms with Crippen LogP contribution in [0.5, 0.6) is 11.5 Å². The molecule has 0 saturated heterocycles. The highest BCUT2D eigenvalue weighted by molar-refractivity contribution is 5.43. The van der Waals surface area contributed by atoms with E-state index in [9.17, 15) is 0 Å². The standard InChI is InChI=1S/C12H16N2O2/c1-9(14-2)10-4-5-11(16-7-6-13)12(8-10)15-3/h4-5,8-9,14H,7H2,1-3H3. The van der Waals surface area contributed by atoms with Gasteiger partial charge in [-0.15, -0.1) is 0 Å². The van der Waals surface area contributed by atoms with Crippen LogP contribution in [-0.2, 0) is 0 Å². The molecule has 86 valence electrons. The number of rotatable bonds is 5. The molecule has 1 aromatic carbocycles. The van der Waals surface area contributed by atoms with Crippen molar-refractivity contribution in [1.82, 2.24) is 5.32 Å². The first-order valence-corrected chi connectivity index (χ1v) is 5.08. The van der Waals surface area contributed by atoms with Crippen LogP contribution in [0.2, 0.25) is 0 Å². The van der Waals surface area contributed by atoms with Gasteiger partial charge in [-0.3, -0.25) is 0 Å². The summed E-state index contributed by atoms with van der Waals surface area (Å²) in [5, 5.41) is 11.6. The van der Waals surface area contributed by atoms with Gasteiger partial charge in [-0.2, -0.15) is 5.26 Å². The molecule has 1 unspecified atom stereocenters. The van der Waals surface area contributed by atoms with Crippen LogP contribution in [0.3, 0.4) is 0 Å². The Labute approximate surface area is 95.8 Å². The van der Waals surface area contributed by atoms with Crippen LogP contribution in [0.1, 0.15) is 18.5 Å². The molecule has 1 N–H and O–H groups in total. The Bertz CT molecular complexity index is 385. The van der Waals surface area contributed by atoms with Crippen molar-refractivity contribution in [2.24, 2.45) is 0 Å². The molecule has 0 aliphatic heterocycles. The highest BCUT2D eigenvalue weighted by Crippen LogP contribution is 2.30. The smallest absolute Gasteiger partial charge is 0.174 e. The van der Waals surface area contributed by atoms with E-state index < -0.39 is 0 Å². The van der Waals surface area contributed by atoms with E-state index in [4.69, 9.17) is 14.7 Å². The van der Waals surface area contributed by atoms with E-state index in [1.54, 1.807) is 7.11 Å². The van der Waals surface area contributed by atoms with E-state index in [1.165, 1.54) is 0 Å². The second-order valence-corrected chi connectivity index (χ2v) is 3.37. The molecule has 0 aliphatic rings. The molecule has 0 bridgehead atoms. The number of hydrogen-bond donors (Lipinski definition) is 1. The Hall–Kier alpha value is -1.73. The van der Waals surface area contributed by atoms with Crippen LogP contribution in [-0.4, -0.2) is 20.8 Å². The van der Waals surface area contributed by atoms with Gasteiger partial charge in [0, 0.05) is 6.04 Å². The lowest BCUT2D eigenvalue weighted by molar-refractivity contribution is 0.329. The van der Waals surface area contributed by atoms with Crippen molar-refractivity contribution in [1.29, 1.82) is 5.26 Å². The van der Waals surface area contributed by atoms with E-state index in [2.05, 4.69) is 12.2 Å². The molecule has 4 heteroatoms. The summed E-state index contributed by atoms with van der Waals surface area (Å²) in [6.45, 7) is 2.09. The molecule has 1 aromatic rings. The van der Waals surface area contributed by atoms with Gasteiger partial charge in [-0.05, 0) is 31.7 Å². The maximum atomic E-state index is 8.45. The highest BCUT2D eigenvalue weighted by atomic mass is 16.5. The van der Waals surface area contributed by atoms with Gasteiger partial charge in [-0.25, -0.2) is 0 Å². The first kappa shape index (κ1) is 12.3. The predicted molar refractivity (Wildman–Crippen MR) is 61.6 cm³/mol. The van der Waals surface area contributed by atoms with Gasteiger partial charge in [0.25, 0.3) is 0 Å². The number of benzene rings is 1. The van der Waals surface area contributed by atoms with E-state index in [-0.39, 0.29) is 12.6 Å². The van der Waals surface area contributed by atoms with Crippen molar-refractivity contribution in [3.05, 3.63) is 23.8 Å². The summed E-state index contributed by atoms with van der Waals surface area (Å²) in [7, 11) is 3.49. The van der Waals surface area contributed by atoms with Gasteiger partial charge in [0.15, 0.2) is 18.1 Å². The highest BCUT2D eigenvalue weighted by Gasteiger charge is 2.08. The fourth-order valence-corrected chi connectivity index (χ4v) is 1.35. The molecular weight excluding hydrogens is 204 g/mol.